The predicted molar refractivity (Wildman–Crippen MR) is 72.6 cm³/mol. The average molecular weight is 314 g/mol. The molecule has 0 aromatic carbocycles. The molecule has 0 saturated carbocycles. The number of β-amino-alcohol motifs (C(OH)–C–C–N with tert-alkyl or cyclic N) is 1. The molecule has 0 bridgehead atoms. The number of hydrogen-bond acceptors (Lipinski definition) is 4. The van der Waals surface area contributed by atoms with E-state index in [0.29, 0.717) is 24.5 Å². The third-order valence-corrected chi connectivity index (χ3v) is 3.44. The van der Waals surface area contributed by atoms with Crippen molar-refractivity contribution in [3.63, 3.8) is 0 Å². The highest BCUT2D eigenvalue weighted by Gasteiger charge is 2.25. The van der Waals surface area contributed by atoms with Crippen molar-refractivity contribution in [1.29, 1.82) is 0 Å². The van der Waals surface area contributed by atoms with Gasteiger partial charge < -0.3 is 15.3 Å². The van der Waals surface area contributed by atoms with Crippen LogP contribution in [0.5, 0.6) is 0 Å². The summed E-state index contributed by atoms with van der Waals surface area (Å²) >= 11 is 3.32. The van der Waals surface area contributed by atoms with Gasteiger partial charge >= 0.3 is 0 Å². The average Bonchev–Trinajstić information content (AvgIpc) is 2.38. The molecule has 2 N–H and O–H groups in total. The molecule has 0 aliphatic carbocycles. The first kappa shape index (κ1) is 13.3. The molecule has 6 heteroatoms. The molecule has 1 saturated heterocycles. The van der Waals surface area contributed by atoms with E-state index in [1.165, 1.54) is 0 Å². The van der Waals surface area contributed by atoms with Crippen LogP contribution in [-0.4, -0.2) is 47.1 Å². The number of carbonyl (C=O) groups is 1. The van der Waals surface area contributed by atoms with Crippen LogP contribution >= 0.6 is 15.9 Å². The molecule has 1 fully saturated rings. The van der Waals surface area contributed by atoms with Crippen LogP contribution in [0.15, 0.2) is 16.7 Å². The second-order valence-electron chi connectivity index (χ2n) is 4.35. The molecule has 1 amide bonds. The number of aliphatic hydroxyl groups is 1. The van der Waals surface area contributed by atoms with Gasteiger partial charge in [0.25, 0.3) is 5.91 Å². The molecular formula is C12H16BrN3O2. The predicted octanol–water partition coefficient (Wildman–Crippen LogP) is 1.48. The van der Waals surface area contributed by atoms with Gasteiger partial charge in [-0.3, -0.25) is 4.79 Å². The Bertz CT molecular complexity index is 453. The Kier molecular flexibility index (Phi) is 4.19. The van der Waals surface area contributed by atoms with E-state index in [1.807, 2.05) is 0 Å². The Hall–Kier alpha value is -1.14. The molecule has 98 valence electrons. The van der Waals surface area contributed by atoms with Crippen molar-refractivity contribution >= 4 is 27.7 Å². The Balaban J connectivity index is 2.24. The van der Waals surface area contributed by atoms with Crippen LogP contribution in [0, 0.1) is 0 Å². The van der Waals surface area contributed by atoms with Crippen LogP contribution in [0.1, 0.15) is 23.2 Å². The second kappa shape index (κ2) is 5.67. The molecule has 18 heavy (non-hydrogen) atoms. The first-order valence-electron chi connectivity index (χ1n) is 5.92. The van der Waals surface area contributed by atoms with Crippen molar-refractivity contribution in [2.24, 2.45) is 0 Å². The fourth-order valence-corrected chi connectivity index (χ4v) is 2.44. The number of amides is 1. The maximum Gasteiger partial charge on any atom is 0.257 e. The summed E-state index contributed by atoms with van der Waals surface area (Å²) in [5.74, 6) is 0.468. The summed E-state index contributed by atoms with van der Waals surface area (Å²) in [5.41, 5.74) is 0.529. The van der Waals surface area contributed by atoms with Crippen molar-refractivity contribution in [2.75, 3.05) is 25.5 Å². The van der Waals surface area contributed by atoms with Gasteiger partial charge in [-0.2, -0.15) is 0 Å². The van der Waals surface area contributed by atoms with E-state index in [2.05, 4.69) is 26.2 Å². The van der Waals surface area contributed by atoms with E-state index in [4.69, 9.17) is 0 Å². The van der Waals surface area contributed by atoms with Gasteiger partial charge in [-0.05, 0) is 34.8 Å². The fourth-order valence-electron chi connectivity index (χ4n) is 2.11. The van der Waals surface area contributed by atoms with Gasteiger partial charge in [-0.1, -0.05) is 0 Å². The van der Waals surface area contributed by atoms with Crippen LogP contribution in [0.3, 0.4) is 0 Å². The number of hydrogen-bond donors (Lipinski definition) is 2. The van der Waals surface area contributed by atoms with Gasteiger partial charge in [0, 0.05) is 30.8 Å². The molecule has 1 aromatic heterocycles. The molecule has 1 aliphatic rings. The molecule has 0 radical (unpaired) electrons. The van der Waals surface area contributed by atoms with Crippen molar-refractivity contribution in [1.82, 2.24) is 9.88 Å². The molecule has 5 nitrogen and oxygen atoms in total. The van der Waals surface area contributed by atoms with Gasteiger partial charge in [-0.25, -0.2) is 4.98 Å². The number of likely N-dealkylation sites (tertiary alicyclic amines) is 1. The van der Waals surface area contributed by atoms with Crippen LogP contribution in [0.4, 0.5) is 5.82 Å². The van der Waals surface area contributed by atoms with Crippen LogP contribution in [0.25, 0.3) is 0 Å². The summed E-state index contributed by atoms with van der Waals surface area (Å²) in [7, 11) is 1.73. The molecule has 1 aromatic rings. The number of piperidine rings is 1. The monoisotopic (exact) mass is 313 g/mol. The maximum atomic E-state index is 12.4. The van der Waals surface area contributed by atoms with Gasteiger partial charge in [0.05, 0.1) is 11.7 Å². The van der Waals surface area contributed by atoms with E-state index in [1.54, 1.807) is 24.2 Å². The van der Waals surface area contributed by atoms with Gasteiger partial charge in [0.2, 0.25) is 0 Å². The Morgan fingerprint density at radius 3 is 3.11 bits per heavy atom. The van der Waals surface area contributed by atoms with Gasteiger partial charge in [-0.15, -0.1) is 0 Å². The Labute approximate surface area is 114 Å². The van der Waals surface area contributed by atoms with Crippen molar-refractivity contribution in [3.8, 4) is 0 Å². The number of nitrogens with one attached hydrogen (secondary N) is 1. The quantitative estimate of drug-likeness (QED) is 0.868. The molecule has 2 rings (SSSR count). The van der Waals surface area contributed by atoms with Crippen molar-refractivity contribution in [2.45, 2.75) is 18.9 Å². The number of nitrogens with zero attached hydrogens (tertiary/aromatic N) is 2. The highest BCUT2D eigenvalue weighted by Crippen LogP contribution is 2.21. The second-order valence-corrected chi connectivity index (χ2v) is 5.26. The zero-order chi connectivity index (χ0) is 13.1. The highest BCUT2D eigenvalue weighted by atomic mass is 79.9. The lowest BCUT2D eigenvalue weighted by molar-refractivity contribution is 0.0474. The third-order valence-electron chi connectivity index (χ3n) is 3.01. The zero-order valence-electron chi connectivity index (χ0n) is 10.2. The summed E-state index contributed by atoms with van der Waals surface area (Å²) in [5, 5.41) is 12.5. The number of pyridine rings is 1. The first-order valence-corrected chi connectivity index (χ1v) is 6.71. The summed E-state index contributed by atoms with van der Waals surface area (Å²) in [6.07, 6.45) is 2.83. The van der Waals surface area contributed by atoms with E-state index in [0.717, 1.165) is 17.3 Å². The molecule has 2 heterocycles. The largest absolute Gasteiger partial charge is 0.391 e. The normalized spacial score (nSPS) is 19.7. The van der Waals surface area contributed by atoms with E-state index in [-0.39, 0.29) is 5.91 Å². The van der Waals surface area contributed by atoms with E-state index in [9.17, 15) is 9.90 Å². The number of halogens is 1. The minimum Gasteiger partial charge on any atom is -0.391 e. The van der Waals surface area contributed by atoms with Crippen molar-refractivity contribution < 1.29 is 9.90 Å². The molecule has 1 aliphatic heterocycles. The summed E-state index contributed by atoms with van der Waals surface area (Å²) in [6, 6.07) is 1.75. The Morgan fingerprint density at radius 1 is 1.67 bits per heavy atom. The lowest BCUT2D eigenvalue weighted by Gasteiger charge is -2.30. The maximum absolute atomic E-state index is 12.4. The van der Waals surface area contributed by atoms with Gasteiger partial charge in [0.1, 0.15) is 5.82 Å². The number of rotatable bonds is 2. The van der Waals surface area contributed by atoms with Crippen LogP contribution in [-0.2, 0) is 0 Å². The molecular weight excluding hydrogens is 298 g/mol. The number of aromatic nitrogens is 1. The minimum atomic E-state index is -0.416. The lowest BCUT2D eigenvalue weighted by Crippen LogP contribution is -2.42. The van der Waals surface area contributed by atoms with Crippen molar-refractivity contribution in [3.05, 3.63) is 22.3 Å². The topological polar surface area (TPSA) is 65.5 Å². The van der Waals surface area contributed by atoms with Crippen LogP contribution in [0.2, 0.25) is 0 Å². The third kappa shape index (κ3) is 2.81. The molecule has 0 spiro atoms. The highest BCUT2D eigenvalue weighted by molar-refractivity contribution is 9.10. The molecule has 1 atom stereocenters. The lowest BCUT2D eigenvalue weighted by atomic mass is 10.1. The standard InChI is InChI=1S/C12H16BrN3O2/c1-14-11-10(5-8(13)6-15-11)12(18)16-4-2-3-9(17)7-16/h5-6,9,17H,2-4,7H2,1H3,(H,14,15). The number of carbonyl (C=O) groups excluding carboxylic acids is 1. The number of anilines is 1. The van der Waals surface area contributed by atoms with E-state index < -0.39 is 6.10 Å². The zero-order valence-corrected chi connectivity index (χ0v) is 11.8. The van der Waals surface area contributed by atoms with E-state index >= 15 is 0 Å². The van der Waals surface area contributed by atoms with Gasteiger partial charge in [0.15, 0.2) is 0 Å². The summed E-state index contributed by atoms with van der Waals surface area (Å²) in [4.78, 5) is 18.2. The SMILES string of the molecule is CNc1ncc(Br)cc1C(=O)N1CCCC(O)C1. The summed E-state index contributed by atoms with van der Waals surface area (Å²) < 4.78 is 0.766. The smallest absolute Gasteiger partial charge is 0.257 e. The number of aliphatic hydroxyl groups excluding tert-OH is 1. The minimum absolute atomic E-state index is 0.0908. The molecule has 1 unspecified atom stereocenters. The first-order chi connectivity index (χ1) is 8.61. The summed E-state index contributed by atoms with van der Waals surface area (Å²) in [6.45, 7) is 1.08. The van der Waals surface area contributed by atoms with Crippen LogP contribution < -0.4 is 5.32 Å². The fraction of sp³-hybridized carbons (Fsp3) is 0.500. The Morgan fingerprint density at radius 2 is 2.44 bits per heavy atom.